The molecule has 0 atom stereocenters. The van der Waals surface area contributed by atoms with Gasteiger partial charge in [0, 0.05) is 0 Å². The largest absolute Gasteiger partial charge is 2.00 e. The molecular weight excluding hydrogens is 686 g/mol. The SMILES string of the molecule is Cc1cccc(C)c1OP(Oc1c(C)cccc1C)C1=CC[CH-]C1.Cc1cccc(C)c1OP(Oc1c(C)cccc1C)C1=CC[CH-]C1.[Fe+2]. The van der Waals surface area contributed by atoms with Crippen molar-refractivity contribution in [3.05, 3.63) is 153 Å². The van der Waals surface area contributed by atoms with Crippen LogP contribution in [0.4, 0.5) is 0 Å². The summed E-state index contributed by atoms with van der Waals surface area (Å²) in [7, 11) is -2.30. The monoisotopic (exact) mass is 734 g/mol. The van der Waals surface area contributed by atoms with Crippen molar-refractivity contribution in [1.82, 2.24) is 0 Å². The molecule has 0 aromatic heterocycles. The predicted octanol–water partition coefficient (Wildman–Crippen LogP) is 13.1. The van der Waals surface area contributed by atoms with Crippen LogP contribution in [0.1, 0.15) is 70.2 Å². The Hall–Kier alpha value is -3.06. The van der Waals surface area contributed by atoms with Crippen LogP contribution in [-0.2, 0) is 17.1 Å². The van der Waals surface area contributed by atoms with Crippen LogP contribution in [0.25, 0.3) is 0 Å². The van der Waals surface area contributed by atoms with Crippen molar-refractivity contribution >= 4 is 16.8 Å². The van der Waals surface area contributed by atoms with E-state index >= 15 is 0 Å². The Morgan fingerprint density at radius 2 is 0.633 bits per heavy atom. The first kappa shape index (κ1) is 38.7. The zero-order valence-electron chi connectivity index (χ0n) is 29.9. The van der Waals surface area contributed by atoms with Crippen molar-refractivity contribution in [2.24, 2.45) is 0 Å². The van der Waals surface area contributed by atoms with Crippen molar-refractivity contribution in [2.75, 3.05) is 0 Å². The topological polar surface area (TPSA) is 36.9 Å². The first-order valence-electron chi connectivity index (χ1n) is 16.7. The van der Waals surface area contributed by atoms with Crippen LogP contribution in [0.5, 0.6) is 23.0 Å². The number of para-hydroxylation sites is 4. The normalized spacial score (nSPS) is 13.7. The van der Waals surface area contributed by atoms with Gasteiger partial charge in [-0.2, -0.15) is 12.8 Å². The summed E-state index contributed by atoms with van der Waals surface area (Å²) in [5.74, 6) is 3.79. The number of hydrogen-bond acceptors (Lipinski definition) is 4. The second-order valence-electron chi connectivity index (χ2n) is 12.6. The molecule has 0 radical (unpaired) electrons. The van der Waals surface area contributed by atoms with Gasteiger partial charge in [-0.05, 0) is 111 Å². The van der Waals surface area contributed by atoms with Gasteiger partial charge in [-0.15, -0.1) is 25.0 Å². The van der Waals surface area contributed by atoms with Crippen LogP contribution in [0, 0.1) is 68.2 Å². The van der Waals surface area contributed by atoms with Gasteiger partial charge >= 0.3 is 33.8 Å². The van der Waals surface area contributed by atoms with Gasteiger partial charge in [-0.3, -0.25) is 0 Å². The molecule has 0 saturated carbocycles. The van der Waals surface area contributed by atoms with Crippen LogP contribution in [-0.4, -0.2) is 0 Å². The molecule has 0 saturated heterocycles. The molecule has 7 heteroatoms. The molecule has 0 bridgehead atoms. The Morgan fingerprint density at radius 3 is 0.816 bits per heavy atom. The minimum absolute atomic E-state index is 0. The predicted molar refractivity (Wildman–Crippen MR) is 203 cm³/mol. The molecule has 4 nitrogen and oxygen atoms in total. The molecule has 2 aliphatic carbocycles. The third-order valence-corrected chi connectivity index (χ3v) is 11.6. The van der Waals surface area contributed by atoms with Gasteiger partial charge in [-0.1, -0.05) is 72.8 Å². The number of rotatable bonds is 10. The molecule has 2 aliphatic rings. The van der Waals surface area contributed by atoms with E-state index in [1.54, 1.807) is 0 Å². The van der Waals surface area contributed by atoms with E-state index in [-0.39, 0.29) is 17.1 Å². The molecule has 0 amide bonds. The Kier molecular flexibility index (Phi) is 14.4. The number of aryl methyl sites for hydroxylation is 8. The molecule has 0 aliphatic heterocycles. The van der Waals surface area contributed by atoms with E-state index in [1.807, 2.05) is 0 Å². The van der Waals surface area contributed by atoms with Crippen molar-refractivity contribution < 1.29 is 35.2 Å². The van der Waals surface area contributed by atoms with Crippen LogP contribution < -0.4 is 18.1 Å². The van der Waals surface area contributed by atoms with Crippen LogP contribution in [0.3, 0.4) is 0 Å². The van der Waals surface area contributed by atoms with Gasteiger partial charge in [0.15, 0.2) is 0 Å². The second-order valence-corrected chi connectivity index (χ2v) is 15.5. The van der Waals surface area contributed by atoms with Crippen LogP contribution in [0.15, 0.2) is 95.6 Å². The van der Waals surface area contributed by atoms with E-state index in [0.717, 1.165) is 93.2 Å². The zero-order valence-corrected chi connectivity index (χ0v) is 32.8. The van der Waals surface area contributed by atoms with Gasteiger partial charge in [0.25, 0.3) is 0 Å². The van der Waals surface area contributed by atoms with Crippen molar-refractivity contribution in [2.45, 2.75) is 81.1 Å². The Labute approximate surface area is 307 Å². The quantitative estimate of drug-likeness (QED) is 0.0924. The first-order valence-corrected chi connectivity index (χ1v) is 19.1. The van der Waals surface area contributed by atoms with Crippen LogP contribution in [0.2, 0.25) is 0 Å². The van der Waals surface area contributed by atoms with E-state index < -0.39 is 16.8 Å². The Balaban J connectivity index is 0.000000216. The number of benzene rings is 4. The van der Waals surface area contributed by atoms with E-state index in [0.29, 0.717) is 0 Å². The molecule has 258 valence electrons. The minimum atomic E-state index is -1.15. The standard InChI is InChI=1S/2C21H24O2P.Fe/c2*1-15-9-7-10-16(2)20(15)22-24(19-13-5-6-14-19)23-21-17(3)11-8-12-18(21)4;/h2*5,7-12,14H,6,13H2,1-4H3;/q2*-1;+2. The smallest absolute Gasteiger partial charge is 0.435 e. The van der Waals surface area contributed by atoms with E-state index in [2.05, 4.69) is 153 Å². The first-order chi connectivity index (χ1) is 23.1. The fourth-order valence-corrected chi connectivity index (χ4v) is 9.17. The van der Waals surface area contributed by atoms with Crippen molar-refractivity contribution in [1.29, 1.82) is 0 Å². The summed E-state index contributed by atoms with van der Waals surface area (Å²) in [6.45, 7) is 16.7. The van der Waals surface area contributed by atoms with E-state index in [1.165, 1.54) is 10.6 Å². The Morgan fingerprint density at radius 1 is 0.408 bits per heavy atom. The maximum absolute atomic E-state index is 6.43. The van der Waals surface area contributed by atoms with E-state index in [9.17, 15) is 0 Å². The molecule has 49 heavy (non-hydrogen) atoms. The summed E-state index contributed by atoms with van der Waals surface area (Å²) >= 11 is 0. The van der Waals surface area contributed by atoms with Gasteiger partial charge in [-0.25, -0.2) is 0 Å². The fourth-order valence-electron chi connectivity index (χ4n) is 5.74. The zero-order chi connectivity index (χ0) is 34.2. The van der Waals surface area contributed by atoms with Gasteiger partial charge < -0.3 is 30.9 Å². The Bertz CT molecular complexity index is 1480. The second kappa shape index (κ2) is 18.3. The summed E-state index contributed by atoms with van der Waals surface area (Å²) in [5, 5.41) is 2.52. The van der Waals surface area contributed by atoms with Gasteiger partial charge in [0.05, 0.1) is 0 Å². The van der Waals surface area contributed by atoms with Crippen LogP contribution >= 0.6 is 16.8 Å². The molecule has 0 unspecified atom stereocenters. The molecule has 4 aromatic rings. The van der Waals surface area contributed by atoms with E-state index in [4.69, 9.17) is 18.1 Å². The van der Waals surface area contributed by atoms with Crippen molar-refractivity contribution in [3.63, 3.8) is 0 Å². The minimum Gasteiger partial charge on any atom is -0.435 e. The summed E-state index contributed by atoms with van der Waals surface area (Å²) in [5.41, 5.74) is 9.19. The fraction of sp³-hybridized carbons (Fsp3) is 0.286. The summed E-state index contributed by atoms with van der Waals surface area (Å²) < 4.78 is 25.7. The maximum atomic E-state index is 6.43. The molecule has 0 N–H and O–H groups in total. The molecular formula is C42H48FeO4P2. The summed E-state index contributed by atoms with van der Waals surface area (Å²) in [6.07, 6.45) is 12.9. The number of hydrogen-bond donors (Lipinski definition) is 0. The third kappa shape index (κ3) is 10.0. The van der Waals surface area contributed by atoms with Gasteiger partial charge in [0.2, 0.25) is 0 Å². The maximum Gasteiger partial charge on any atom is 2.00 e. The molecule has 0 heterocycles. The molecule has 0 fully saturated rings. The summed E-state index contributed by atoms with van der Waals surface area (Å²) in [6, 6.07) is 25.0. The summed E-state index contributed by atoms with van der Waals surface area (Å²) in [4.78, 5) is 0. The molecule has 0 spiro atoms. The van der Waals surface area contributed by atoms with Gasteiger partial charge in [0.1, 0.15) is 23.0 Å². The molecule has 4 aromatic carbocycles. The molecule has 6 rings (SSSR count). The van der Waals surface area contributed by atoms with Crippen molar-refractivity contribution in [3.8, 4) is 23.0 Å². The average Bonchev–Trinajstić information content (AvgIpc) is 3.79. The number of allylic oxidation sites excluding steroid dienone is 4. The average molecular weight is 735 g/mol. The third-order valence-electron chi connectivity index (χ3n) is 8.55.